The maximum Gasteiger partial charge on any atom is 0.351 e. The van der Waals surface area contributed by atoms with Gasteiger partial charge in [0.15, 0.2) is 10.7 Å². The van der Waals surface area contributed by atoms with Crippen LogP contribution >= 0.6 is 11.3 Å². The van der Waals surface area contributed by atoms with Crippen LogP contribution in [0.2, 0.25) is 0 Å². The number of carbonyl (C=O) groups excluding carboxylic acids is 2. The van der Waals surface area contributed by atoms with E-state index in [4.69, 9.17) is 0 Å². The Labute approximate surface area is 85.1 Å². The smallest absolute Gasteiger partial charge is 0.351 e. The maximum absolute atomic E-state index is 11.2. The molecule has 1 aromatic rings. The fourth-order valence-electron chi connectivity index (χ4n) is 0.910. The number of hydrogen-bond acceptors (Lipinski definition) is 5. The van der Waals surface area contributed by atoms with E-state index in [2.05, 4.69) is 15.0 Å². The number of amides is 1. The third-order valence-electron chi connectivity index (χ3n) is 1.40. The average Bonchev–Trinajstić information content (AvgIpc) is 2.44. The van der Waals surface area contributed by atoms with E-state index in [-0.39, 0.29) is 11.7 Å². The standard InChI is InChI=1S/C8H10N2O3S/c1-4(11)9-7-6(8(12)13-3)14-5(2)10-7/h1-3H3,(H,9,11). The lowest BCUT2D eigenvalue weighted by atomic mass is 10.5. The molecule has 76 valence electrons. The number of nitrogens with zero attached hydrogens (tertiary/aromatic N) is 1. The molecule has 0 aromatic carbocycles. The van der Waals surface area contributed by atoms with Gasteiger partial charge in [0.05, 0.1) is 12.1 Å². The molecule has 0 aliphatic heterocycles. The molecular weight excluding hydrogens is 204 g/mol. The van der Waals surface area contributed by atoms with Crippen molar-refractivity contribution in [3.63, 3.8) is 0 Å². The van der Waals surface area contributed by atoms with Gasteiger partial charge in [-0.25, -0.2) is 9.78 Å². The van der Waals surface area contributed by atoms with E-state index in [0.29, 0.717) is 9.88 Å². The maximum atomic E-state index is 11.2. The minimum absolute atomic E-state index is 0.263. The highest BCUT2D eigenvalue weighted by Gasteiger charge is 2.17. The largest absolute Gasteiger partial charge is 0.465 e. The number of carbonyl (C=O) groups is 2. The second-order valence-corrected chi connectivity index (χ2v) is 3.79. The van der Waals surface area contributed by atoms with Crippen molar-refractivity contribution >= 4 is 29.0 Å². The predicted octanol–water partition coefficient (Wildman–Crippen LogP) is 1.20. The number of methoxy groups -OCH3 is 1. The first-order valence-corrected chi connectivity index (χ1v) is 4.69. The van der Waals surface area contributed by atoms with Gasteiger partial charge in [-0.2, -0.15) is 0 Å². The van der Waals surface area contributed by atoms with Gasteiger partial charge in [0, 0.05) is 6.92 Å². The molecule has 0 unspecified atom stereocenters. The summed E-state index contributed by atoms with van der Waals surface area (Å²) in [4.78, 5) is 26.3. The first kappa shape index (κ1) is 10.6. The minimum Gasteiger partial charge on any atom is -0.465 e. The van der Waals surface area contributed by atoms with Crippen LogP contribution in [0.5, 0.6) is 0 Å². The van der Waals surface area contributed by atoms with E-state index in [1.54, 1.807) is 6.92 Å². The molecule has 0 radical (unpaired) electrons. The third-order valence-corrected chi connectivity index (χ3v) is 2.35. The summed E-state index contributed by atoms with van der Waals surface area (Å²) >= 11 is 1.19. The Morgan fingerprint density at radius 1 is 1.50 bits per heavy atom. The van der Waals surface area contributed by atoms with Crippen molar-refractivity contribution in [2.45, 2.75) is 13.8 Å². The molecule has 0 spiro atoms. The molecule has 1 N–H and O–H groups in total. The molecule has 0 aliphatic rings. The molecular formula is C8H10N2O3S. The van der Waals surface area contributed by atoms with Gasteiger partial charge in [-0.15, -0.1) is 11.3 Å². The average molecular weight is 214 g/mol. The Morgan fingerprint density at radius 2 is 2.14 bits per heavy atom. The molecule has 6 heteroatoms. The number of ether oxygens (including phenoxy) is 1. The Bertz CT molecular complexity index is 373. The van der Waals surface area contributed by atoms with Gasteiger partial charge in [-0.3, -0.25) is 4.79 Å². The van der Waals surface area contributed by atoms with E-state index in [0.717, 1.165) is 0 Å². The highest BCUT2D eigenvalue weighted by molar-refractivity contribution is 7.14. The second-order valence-electron chi connectivity index (χ2n) is 2.58. The van der Waals surface area contributed by atoms with Crippen LogP contribution in [0, 0.1) is 6.92 Å². The Kier molecular flexibility index (Phi) is 3.19. The van der Waals surface area contributed by atoms with Gasteiger partial charge in [-0.1, -0.05) is 0 Å². The zero-order chi connectivity index (χ0) is 10.7. The van der Waals surface area contributed by atoms with Crippen LogP contribution in [0.25, 0.3) is 0 Å². The molecule has 0 saturated carbocycles. The van der Waals surface area contributed by atoms with Crippen LogP contribution in [0.15, 0.2) is 0 Å². The van der Waals surface area contributed by atoms with Crippen LogP contribution < -0.4 is 5.32 Å². The minimum atomic E-state index is -0.487. The predicted molar refractivity (Wildman–Crippen MR) is 52.5 cm³/mol. The first-order valence-electron chi connectivity index (χ1n) is 3.88. The number of anilines is 1. The summed E-state index contributed by atoms with van der Waals surface area (Å²) in [5.41, 5.74) is 0. The summed E-state index contributed by atoms with van der Waals surface area (Å²) in [5, 5.41) is 3.17. The van der Waals surface area contributed by atoms with Crippen LogP contribution in [-0.2, 0) is 9.53 Å². The van der Waals surface area contributed by atoms with Crippen LogP contribution in [0.3, 0.4) is 0 Å². The molecule has 0 fully saturated rings. The number of aromatic nitrogens is 1. The second kappa shape index (κ2) is 4.19. The number of thiazole rings is 1. The number of rotatable bonds is 2. The lowest BCUT2D eigenvalue weighted by Gasteiger charge is -1.99. The van der Waals surface area contributed by atoms with E-state index < -0.39 is 5.97 Å². The summed E-state index contributed by atoms with van der Waals surface area (Å²) in [6, 6.07) is 0. The molecule has 1 heterocycles. The summed E-state index contributed by atoms with van der Waals surface area (Å²) < 4.78 is 4.55. The summed E-state index contributed by atoms with van der Waals surface area (Å²) in [7, 11) is 1.29. The molecule has 5 nitrogen and oxygen atoms in total. The molecule has 0 bridgehead atoms. The fourth-order valence-corrected chi connectivity index (χ4v) is 1.70. The third kappa shape index (κ3) is 2.29. The lowest BCUT2D eigenvalue weighted by molar-refractivity contribution is -0.114. The van der Waals surface area contributed by atoms with Gasteiger partial charge in [0.1, 0.15) is 0 Å². The van der Waals surface area contributed by atoms with Gasteiger partial charge in [-0.05, 0) is 6.92 Å². The van der Waals surface area contributed by atoms with Crippen molar-refractivity contribution < 1.29 is 14.3 Å². The molecule has 14 heavy (non-hydrogen) atoms. The van der Waals surface area contributed by atoms with E-state index >= 15 is 0 Å². The zero-order valence-corrected chi connectivity index (χ0v) is 8.90. The molecule has 0 aliphatic carbocycles. The highest BCUT2D eigenvalue weighted by atomic mass is 32.1. The van der Waals surface area contributed by atoms with Crippen molar-refractivity contribution in [2.24, 2.45) is 0 Å². The lowest BCUT2D eigenvalue weighted by Crippen LogP contribution is -2.10. The number of hydrogen-bond donors (Lipinski definition) is 1. The molecule has 0 saturated heterocycles. The van der Waals surface area contributed by atoms with Crippen molar-refractivity contribution in [1.82, 2.24) is 4.98 Å². The van der Waals surface area contributed by atoms with Crippen molar-refractivity contribution in [3.8, 4) is 0 Å². The van der Waals surface area contributed by atoms with Crippen LogP contribution in [0.4, 0.5) is 5.82 Å². The number of aryl methyl sites for hydroxylation is 1. The van der Waals surface area contributed by atoms with Gasteiger partial charge < -0.3 is 10.1 Å². The first-order chi connectivity index (χ1) is 6.54. The number of nitrogens with one attached hydrogen (secondary N) is 1. The zero-order valence-electron chi connectivity index (χ0n) is 8.08. The molecule has 1 aromatic heterocycles. The summed E-state index contributed by atoms with van der Waals surface area (Å²) in [6.07, 6.45) is 0. The Balaban J connectivity index is 3.02. The topological polar surface area (TPSA) is 68.3 Å². The number of esters is 1. The van der Waals surface area contributed by atoms with Gasteiger partial charge >= 0.3 is 5.97 Å². The summed E-state index contributed by atoms with van der Waals surface area (Å²) in [5.74, 6) is -0.480. The van der Waals surface area contributed by atoms with Gasteiger partial charge in [0.25, 0.3) is 0 Å². The van der Waals surface area contributed by atoms with Crippen LogP contribution in [-0.4, -0.2) is 24.0 Å². The van der Waals surface area contributed by atoms with E-state index in [1.165, 1.54) is 25.4 Å². The molecule has 1 amide bonds. The summed E-state index contributed by atoms with van der Waals surface area (Å²) in [6.45, 7) is 3.11. The molecule has 1 rings (SSSR count). The van der Waals surface area contributed by atoms with E-state index in [1.807, 2.05) is 0 Å². The van der Waals surface area contributed by atoms with Crippen molar-refractivity contribution in [1.29, 1.82) is 0 Å². The van der Waals surface area contributed by atoms with E-state index in [9.17, 15) is 9.59 Å². The monoisotopic (exact) mass is 214 g/mol. The van der Waals surface area contributed by atoms with Crippen molar-refractivity contribution in [3.05, 3.63) is 9.88 Å². The quantitative estimate of drug-likeness (QED) is 0.751. The van der Waals surface area contributed by atoms with Crippen molar-refractivity contribution in [2.75, 3.05) is 12.4 Å². The highest BCUT2D eigenvalue weighted by Crippen LogP contribution is 2.23. The fraction of sp³-hybridized carbons (Fsp3) is 0.375. The molecule has 0 atom stereocenters. The normalized spacial score (nSPS) is 9.64. The Hall–Kier alpha value is -1.43. The van der Waals surface area contributed by atoms with Gasteiger partial charge in [0.2, 0.25) is 5.91 Å². The Morgan fingerprint density at radius 3 is 2.64 bits per heavy atom. The SMILES string of the molecule is COC(=O)c1sc(C)nc1NC(C)=O. The van der Waals surface area contributed by atoms with Crippen LogP contribution in [0.1, 0.15) is 21.6 Å².